The number of nitrogens with two attached hydrogens (primary N) is 1. The third kappa shape index (κ3) is 5.52. The lowest BCUT2D eigenvalue weighted by Gasteiger charge is -2.39. The molecule has 1 aliphatic heterocycles. The van der Waals surface area contributed by atoms with Gasteiger partial charge in [0.25, 0.3) is 0 Å². The monoisotopic (exact) mass is 504 g/mol. The summed E-state index contributed by atoms with van der Waals surface area (Å²) in [6, 6.07) is 18.8. The number of halogens is 1. The van der Waals surface area contributed by atoms with Crippen LogP contribution in [0, 0.1) is 5.41 Å². The molecule has 1 aliphatic carbocycles. The van der Waals surface area contributed by atoms with Crippen molar-refractivity contribution >= 4 is 34.1 Å². The Morgan fingerprint density at radius 3 is 2.47 bits per heavy atom. The molecule has 0 atom stereocenters. The Balaban J connectivity index is 1.08. The van der Waals surface area contributed by atoms with Crippen molar-refractivity contribution in [3.8, 4) is 0 Å². The van der Waals surface area contributed by atoms with Crippen LogP contribution in [0.3, 0.4) is 0 Å². The zero-order chi connectivity index (χ0) is 25.0. The first-order valence-corrected chi connectivity index (χ1v) is 13.8. The summed E-state index contributed by atoms with van der Waals surface area (Å²) in [6.07, 6.45) is 8.95. The lowest BCUT2D eigenvalue weighted by atomic mass is 9.66. The van der Waals surface area contributed by atoms with E-state index in [2.05, 4.69) is 57.2 Å². The number of pyridine rings is 1. The molecule has 0 spiro atoms. The Kier molecular flexibility index (Phi) is 7.78. The molecule has 2 aliphatic rings. The summed E-state index contributed by atoms with van der Waals surface area (Å²) >= 11 is 6.16. The van der Waals surface area contributed by atoms with Gasteiger partial charge >= 0.3 is 0 Å². The SMILES string of the molecule is NC(=O)C1(CCCCN2CCN(c3ccnc4cc(Cl)ccc34)CC2)CCC(c2ccccc2)CC1. The van der Waals surface area contributed by atoms with Gasteiger partial charge in [0.2, 0.25) is 5.91 Å². The van der Waals surface area contributed by atoms with E-state index >= 15 is 0 Å². The molecule has 2 aromatic carbocycles. The minimum absolute atomic E-state index is 0.0894. The number of benzene rings is 2. The number of rotatable bonds is 8. The van der Waals surface area contributed by atoms with Crippen LogP contribution in [0.15, 0.2) is 60.8 Å². The average Bonchev–Trinajstić information content (AvgIpc) is 2.92. The Morgan fingerprint density at radius 2 is 1.75 bits per heavy atom. The number of piperazine rings is 1. The molecule has 1 saturated carbocycles. The third-order valence-corrected chi connectivity index (χ3v) is 8.75. The predicted molar refractivity (Wildman–Crippen MR) is 149 cm³/mol. The molecule has 5 rings (SSSR count). The summed E-state index contributed by atoms with van der Waals surface area (Å²) in [4.78, 5) is 22.0. The summed E-state index contributed by atoms with van der Waals surface area (Å²) in [6.45, 7) is 5.21. The second-order valence-corrected chi connectivity index (χ2v) is 11.0. The highest BCUT2D eigenvalue weighted by Crippen LogP contribution is 2.45. The van der Waals surface area contributed by atoms with Crippen molar-refractivity contribution in [2.45, 2.75) is 50.9 Å². The van der Waals surface area contributed by atoms with E-state index in [4.69, 9.17) is 17.3 Å². The van der Waals surface area contributed by atoms with Crippen LogP contribution in [-0.2, 0) is 4.79 Å². The van der Waals surface area contributed by atoms with Crippen LogP contribution in [0.4, 0.5) is 5.69 Å². The molecule has 36 heavy (non-hydrogen) atoms. The Bertz CT molecular complexity index is 1170. The van der Waals surface area contributed by atoms with Gasteiger partial charge < -0.3 is 10.6 Å². The number of anilines is 1. The Hall–Kier alpha value is -2.63. The number of aromatic nitrogens is 1. The molecule has 2 N–H and O–H groups in total. The lowest BCUT2D eigenvalue weighted by Crippen LogP contribution is -2.46. The molecule has 3 aromatic rings. The largest absolute Gasteiger partial charge is 0.369 e. The molecular formula is C30H37ClN4O. The molecule has 6 heteroatoms. The van der Waals surface area contributed by atoms with Gasteiger partial charge in [0.15, 0.2) is 0 Å². The zero-order valence-electron chi connectivity index (χ0n) is 21.0. The predicted octanol–water partition coefficient (Wildman–Crippen LogP) is 6.01. The highest BCUT2D eigenvalue weighted by Gasteiger charge is 2.40. The van der Waals surface area contributed by atoms with Crippen LogP contribution >= 0.6 is 11.6 Å². The minimum Gasteiger partial charge on any atom is -0.369 e. The van der Waals surface area contributed by atoms with Crippen LogP contribution in [0.2, 0.25) is 5.02 Å². The van der Waals surface area contributed by atoms with E-state index in [0.717, 1.165) is 93.6 Å². The number of carbonyl (C=O) groups excluding carboxylic acids is 1. The van der Waals surface area contributed by atoms with Gasteiger partial charge in [-0.25, -0.2) is 0 Å². The van der Waals surface area contributed by atoms with E-state index in [9.17, 15) is 4.79 Å². The number of hydrogen-bond donors (Lipinski definition) is 1. The zero-order valence-corrected chi connectivity index (χ0v) is 21.8. The van der Waals surface area contributed by atoms with Crippen molar-refractivity contribution in [3.05, 3.63) is 71.4 Å². The van der Waals surface area contributed by atoms with E-state index in [0.29, 0.717) is 5.92 Å². The van der Waals surface area contributed by atoms with Crippen LogP contribution in [0.25, 0.3) is 10.9 Å². The molecule has 0 radical (unpaired) electrons. The number of hydrogen-bond acceptors (Lipinski definition) is 4. The first kappa shape index (κ1) is 25.0. The maximum atomic E-state index is 12.5. The molecule has 1 aromatic heterocycles. The maximum Gasteiger partial charge on any atom is 0.223 e. The summed E-state index contributed by atoms with van der Waals surface area (Å²) < 4.78 is 0. The highest BCUT2D eigenvalue weighted by molar-refractivity contribution is 6.31. The fourth-order valence-electron chi connectivity index (χ4n) is 6.24. The normalized spacial score (nSPS) is 23.1. The molecule has 1 amide bonds. The van der Waals surface area contributed by atoms with E-state index in [1.54, 1.807) is 0 Å². The van der Waals surface area contributed by atoms with Crippen molar-refractivity contribution in [1.29, 1.82) is 0 Å². The van der Waals surface area contributed by atoms with Crippen LogP contribution < -0.4 is 10.6 Å². The second kappa shape index (κ2) is 11.2. The fourth-order valence-corrected chi connectivity index (χ4v) is 6.41. The number of amides is 1. The van der Waals surface area contributed by atoms with E-state index in [-0.39, 0.29) is 11.3 Å². The Morgan fingerprint density at radius 1 is 1.00 bits per heavy atom. The topological polar surface area (TPSA) is 62.5 Å². The summed E-state index contributed by atoms with van der Waals surface area (Å²) in [5.41, 5.74) is 9.24. The number of primary amides is 1. The first-order chi connectivity index (χ1) is 17.5. The quantitative estimate of drug-likeness (QED) is 0.381. The van der Waals surface area contributed by atoms with Gasteiger partial charge in [-0.3, -0.25) is 14.7 Å². The summed E-state index contributed by atoms with van der Waals surface area (Å²) in [7, 11) is 0. The number of nitrogens with zero attached hydrogens (tertiary/aromatic N) is 3. The maximum absolute atomic E-state index is 12.5. The number of fused-ring (bicyclic) bond motifs is 1. The van der Waals surface area contributed by atoms with Gasteiger partial charge in [-0.1, -0.05) is 48.4 Å². The van der Waals surface area contributed by atoms with Crippen molar-refractivity contribution in [2.24, 2.45) is 11.1 Å². The van der Waals surface area contributed by atoms with Crippen LogP contribution in [0.5, 0.6) is 0 Å². The Labute approximate surface area is 219 Å². The minimum atomic E-state index is -0.310. The number of carbonyl (C=O) groups is 1. The fraction of sp³-hybridized carbons (Fsp3) is 0.467. The molecule has 0 unspecified atom stereocenters. The molecule has 2 heterocycles. The second-order valence-electron chi connectivity index (χ2n) is 10.6. The molecule has 1 saturated heterocycles. The summed E-state index contributed by atoms with van der Waals surface area (Å²) in [5.74, 6) is 0.470. The number of unbranched alkanes of at least 4 members (excludes halogenated alkanes) is 1. The van der Waals surface area contributed by atoms with Crippen LogP contribution in [-0.4, -0.2) is 48.5 Å². The lowest BCUT2D eigenvalue weighted by molar-refractivity contribution is -0.130. The smallest absolute Gasteiger partial charge is 0.223 e. The molecule has 0 bridgehead atoms. The molecular weight excluding hydrogens is 468 g/mol. The van der Waals surface area contributed by atoms with E-state index in [1.165, 1.54) is 11.3 Å². The highest BCUT2D eigenvalue weighted by atomic mass is 35.5. The van der Waals surface area contributed by atoms with Gasteiger partial charge in [-0.2, -0.15) is 0 Å². The standard InChI is InChI=1S/C30H37ClN4O/c31-25-8-9-26-27(22-25)33-16-12-28(26)35-20-18-34(19-21-35)17-5-4-13-30(29(32)36)14-10-24(11-15-30)23-6-2-1-3-7-23/h1-3,6-9,12,16,22,24H,4-5,10-11,13-15,17-21H2,(H2,32,36). The van der Waals surface area contributed by atoms with Gasteiger partial charge in [-0.15, -0.1) is 0 Å². The van der Waals surface area contributed by atoms with Gasteiger partial charge in [-0.05, 0) is 80.8 Å². The molecule has 5 nitrogen and oxygen atoms in total. The van der Waals surface area contributed by atoms with Crippen LogP contribution in [0.1, 0.15) is 56.4 Å². The van der Waals surface area contributed by atoms with E-state index in [1.807, 2.05) is 18.3 Å². The van der Waals surface area contributed by atoms with Crippen molar-refractivity contribution in [1.82, 2.24) is 9.88 Å². The van der Waals surface area contributed by atoms with Crippen molar-refractivity contribution < 1.29 is 4.79 Å². The van der Waals surface area contributed by atoms with E-state index < -0.39 is 0 Å². The van der Waals surface area contributed by atoms with Gasteiger partial charge in [0.1, 0.15) is 0 Å². The molecule has 190 valence electrons. The third-order valence-electron chi connectivity index (χ3n) is 8.51. The first-order valence-electron chi connectivity index (χ1n) is 13.4. The van der Waals surface area contributed by atoms with Gasteiger partial charge in [0.05, 0.1) is 5.52 Å². The molecule has 2 fully saturated rings. The van der Waals surface area contributed by atoms with Gasteiger partial charge in [0, 0.05) is 53.9 Å². The summed E-state index contributed by atoms with van der Waals surface area (Å²) in [5, 5.41) is 1.88. The van der Waals surface area contributed by atoms with Crippen molar-refractivity contribution in [3.63, 3.8) is 0 Å². The average molecular weight is 505 g/mol. The van der Waals surface area contributed by atoms with Crippen molar-refractivity contribution in [2.75, 3.05) is 37.6 Å².